The monoisotopic (exact) mass is 250 g/mol. The van der Waals surface area contributed by atoms with E-state index in [1.807, 2.05) is 0 Å². The number of hydrogen-bond acceptors (Lipinski definition) is 3. The van der Waals surface area contributed by atoms with Crippen LogP contribution < -0.4 is 0 Å². The van der Waals surface area contributed by atoms with Gasteiger partial charge in [-0.15, -0.1) is 12.6 Å². The summed E-state index contributed by atoms with van der Waals surface area (Å²) < 4.78 is 4.80. The minimum Gasteiger partial charge on any atom is -0.462 e. The lowest BCUT2D eigenvalue weighted by Gasteiger charge is -2.06. The number of benzene rings is 1. The van der Waals surface area contributed by atoms with Gasteiger partial charge < -0.3 is 4.74 Å². The standard InChI is InChI=1S/C9H8Cl2O2S/c1-2-13-9(12)6-3-5(14)4-7(10)8(6)11/h3-4,14H,2H2,1H3. The lowest BCUT2D eigenvalue weighted by atomic mass is 10.2. The maximum atomic E-state index is 11.4. The van der Waals surface area contributed by atoms with Crippen LogP contribution in [0, 0.1) is 0 Å². The molecule has 0 radical (unpaired) electrons. The Morgan fingerprint density at radius 1 is 1.50 bits per heavy atom. The van der Waals surface area contributed by atoms with E-state index < -0.39 is 5.97 Å². The summed E-state index contributed by atoms with van der Waals surface area (Å²) in [5.41, 5.74) is 0.242. The first-order valence-corrected chi connectivity index (χ1v) is 5.11. The van der Waals surface area contributed by atoms with Crippen molar-refractivity contribution in [3.8, 4) is 0 Å². The molecule has 0 bridgehead atoms. The van der Waals surface area contributed by atoms with Crippen LogP contribution in [0.1, 0.15) is 17.3 Å². The zero-order chi connectivity index (χ0) is 10.7. The molecule has 1 aromatic rings. The molecule has 0 atom stereocenters. The summed E-state index contributed by atoms with van der Waals surface area (Å²) in [5.74, 6) is -0.490. The van der Waals surface area contributed by atoms with Gasteiger partial charge in [-0.05, 0) is 19.1 Å². The average molecular weight is 251 g/mol. The minimum atomic E-state index is -0.490. The maximum Gasteiger partial charge on any atom is 0.339 e. The second kappa shape index (κ2) is 4.91. The third kappa shape index (κ3) is 2.56. The highest BCUT2D eigenvalue weighted by Crippen LogP contribution is 2.29. The highest BCUT2D eigenvalue weighted by atomic mass is 35.5. The smallest absolute Gasteiger partial charge is 0.339 e. The molecule has 0 amide bonds. The number of carbonyl (C=O) groups is 1. The van der Waals surface area contributed by atoms with E-state index in [-0.39, 0.29) is 10.6 Å². The predicted octanol–water partition coefficient (Wildman–Crippen LogP) is 3.46. The van der Waals surface area contributed by atoms with E-state index >= 15 is 0 Å². The van der Waals surface area contributed by atoms with Gasteiger partial charge in [-0.3, -0.25) is 0 Å². The van der Waals surface area contributed by atoms with Crippen LogP contribution in [-0.4, -0.2) is 12.6 Å². The Hall–Kier alpha value is -0.380. The van der Waals surface area contributed by atoms with E-state index in [2.05, 4.69) is 12.6 Å². The molecule has 0 N–H and O–H groups in total. The van der Waals surface area contributed by atoms with Gasteiger partial charge in [0.25, 0.3) is 0 Å². The van der Waals surface area contributed by atoms with Gasteiger partial charge in [0.1, 0.15) is 0 Å². The topological polar surface area (TPSA) is 26.3 Å². The summed E-state index contributed by atoms with van der Waals surface area (Å²) in [6.45, 7) is 2.02. The Labute approximate surface area is 97.6 Å². The lowest BCUT2D eigenvalue weighted by Crippen LogP contribution is -2.05. The van der Waals surface area contributed by atoms with Crippen LogP contribution in [-0.2, 0) is 4.74 Å². The molecule has 0 saturated carbocycles. The molecule has 0 aromatic heterocycles. The number of ether oxygens (including phenoxy) is 1. The molecule has 0 heterocycles. The van der Waals surface area contributed by atoms with Crippen LogP contribution in [0.25, 0.3) is 0 Å². The molecule has 14 heavy (non-hydrogen) atoms. The first-order chi connectivity index (χ1) is 6.56. The average Bonchev–Trinajstić information content (AvgIpc) is 2.11. The number of halogens is 2. The Bertz CT molecular complexity index is 366. The summed E-state index contributed by atoms with van der Waals surface area (Å²) in [4.78, 5) is 11.9. The Balaban J connectivity index is 3.13. The largest absolute Gasteiger partial charge is 0.462 e. The van der Waals surface area contributed by atoms with Crippen LogP contribution >= 0.6 is 35.8 Å². The van der Waals surface area contributed by atoms with Crippen molar-refractivity contribution in [1.29, 1.82) is 0 Å². The van der Waals surface area contributed by atoms with E-state index in [1.54, 1.807) is 13.0 Å². The molecule has 5 heteroatoms. The van der Waals surface area contributed by atoms with Crippen molar-refractivity contribution < 1.29 is 9.53 Å². The molecular weight excluding hydrogens is 243 g/mol. The van der Waals surface area contributed by atoms with Crippen molar-refractivity contribution in [2.45, 2.75) is 11.8 Å². The molecule has 0 unspecified atom stereocenters. The highest BCUT2D eigenvalue weighted by Gasteiger charge is 2.14. The Morgan fingerprint density at radius 3 is 2.71 bits per heavy atom. The summed E-state index contributed by atoms with van der Waals surface area (Å²) in [6.07, 6.45) is 0. The fourth-order valence-electron chi connectivity index (χ4n) is 0.932. The summed E-state index contributed by atoms with van der Waals surface area (Å²) in [5, 5.41) is 0.491. The normalized spacial score (nSPS) is 10.0. The van der Waals surface area contributed by atoms with Crippen LogP contribution in [0.5, 0.6) is 0 Å². The predicted molar refractivity (Wildman–Crippen MR) is 59.7 cm³/mol. The summed E-state index contributed by atoms with van der Waals surface area (Å²) in [6, 6.07) is 3.09. The number of rotatable bonds is 2. The Kier molecular flexibility index (Phi) is 4.11. The fourth-order valence-corrected chi connectivity index (χ4v) is 1.67. The minimum absolute atomic E-state index is 0.197. The lowest BCUT2D eigenvalue weighted by molar-refractivity contribution is 0.0526. The molecule has 0 saturated heterocycles. The molecular formula is C9H8Cl2O2S. The molecule has 0 aliphatic heterocycles. The van der Waals surface area contributed by atoms with Crippen LogP contribution in [0.2, 0.25) is 10.0 Å². The fraction of sp³-hybridized carbons (Fsp3) is 0.222. The number of carbonyl (C=O) groups excluding carboxylic acids is 1. The van der Waals surface area contributed by atoms with E-state index in [0.29, 0.717) is 16.5 Å². The van der Waals surface area contributed by atoms with Crippen molar-refractivity contribution in [2.75, 3.05) is 6.61 Å². The van der Waals surface area contributed by atoms with Gasteiger partial charge in [-0.25, -0.2) is 4.79 Å². The van der Waals surface area contributed by atoms with Crippen LogP contribution in [0.4, 0.5) is 0 Å². The maximum absolute atomic E-state index is 11.4. The molecule has 76 valence electrons. The molecule has 1 aromatic carbocycles. The van der Waals surface area contributed by atoms with E-state index in [9.17, 15) is 4.79 Å². The molecule has 0 fully saturated rings. The van der Waals surface area contributed by atoms with Crippen LogP contribution in [0.15, 0.2) is 17.0 Å². The van der Waals surface area contributed by atoms with E-state index in [0.717, 1.165) is 0 Å². The molecule has 1 rings (SSSR count). The SMILES string of the molecule is CCOC(=O)c1cc(S)cc(Cl)c1Cl. The van der Waals surface area contributed by atoms with Gasteiger partial charge in [0.2, 0.25) is 0 Å². The van der Waals surface area contributed by atoms with Gasteiger partial charge in [0.15, 0.2) is 0 Å². The van der Waals surface area contributed by atoms with Gasteiger partial charge in [0.05, 0.1) is 22.2 Å². The quantitative estimate of drug-likeness (QED) is 0.643. The van der Waals surface area contributed by atoms with Gasteiger partial charge in [0, 0.05) is 4.90 Å². The van der Waals surface area contributed by atoms with Crippen molar-refractivity contribution in [3.63, 3.8) is 0 Å². The zero-order valence-electron chi connectivity index (χ0n) is 7.38. The van der Waals surface area contributed by atoms with Crippen molar-refractivity contribution in [3.05, 3.63) is 27.7 Å². The second-order valence-corrected chi connectivity index (χ2v) is 3.81. The molecule has 0 aliphatic rings. The number of thiol groups is 1. The van der Waals surface area contributed by atoms with Gasteiger partial charge in [-0.1, -0.05) is 23.2 Å². The summed E-state index contributed by atoms with van der Waals surface area (Å²) in [7, 11) is 0. The third-order valence-corrected chi connectivity index (χ3v) is 2.57. The first kappa shape index (κ1) is 11.7. The van der Waals surface area contributed by atoms with E-state index in [4.69, 9.17) is 27.9 Å². The number of esters is 1. The molecule has 2 nitrogen and oxygen atoms in total. The molecule has 0 spiro atoms. The van der Waals surface area contributed by atoms with Crippen molar-refractivity contribution in [1.82, 2.24) is 0 Å². The Morgan fingerprint density at radius 2 is 2.14 bits per heavy atom. The number of hydrogen-bond donors (Lipinski definition) is 1. The molecule has 0 aliphatic carbocycles. The van der Waals surface area contributed by atoms with Crippen LogP contribution in [0.3, 0.4) is 0 Å². The zero-order valence-corrected chi connectivity index (χ0v) is 9.79. The third-order valence-electron chi connectivity index (χ3n) is 1.51. The van der Waals surface area contributed by atoms with Crippen molar-refractivity contribution in [2.24, 2.45) is 0 Å². The van der Waals surface area contributed by atoms with E-state index in [1.165, 1.54) is 6.07 Å². The highest BCUT2D eigenvalue weighted by molar-refractivity contribution is 7.80. The van der Waals surface area contributed by atoms with Gasteiger partial charge >= 0.3 is 5.97 Å². The first-order valence-electron chi connectivity index (χ1n) is 3.91. The van der Waals surface area contributed by atoms with Gasteiger partial charge in [-0.2, -0.15) is 0 Å². The summed E-state index contributed by atoms with van der Waals surface area (Å²) >= 11 is 15.7. The van der Waals surface area contributed by atoms with Crippen molar-refractivity contribution >= 4 is 41.8 Å². The second-order valence-electron chi connectivity index (χ2n) is 2.51.